The molecule has 1 N–H and O–H groups in total. The fourth-order valence-corrected chi connectivity index (χ4v) is 1.33. The number of aromatic nitrogens is 1. The highest BCUT2D eigenvalue weighted by molar-refractivity contribution is 5.13. The monoisotopic (exact) mass is 167 g/mol. The molecule has 0 aromatic carbocycles. The summed E-state index contributed by atoms with van der Waals surface area (Å²) in [5.74, 6) is 0. The lowest BCUT2D eigenvalue weighted by atomic mass is 10.3. The highest BCUT2D eigenvalue weighted by atomic mass is 16.3. The van der Waals surface area contributed by atoms with Crippen LogP contribution in [0.4, 0.5) is 0 Å². The highest BCUT2D eigenvalue weighted by Crippen LogP contribution is 2.08. The summed E-state index contributed by atoms with van der Waals surface area (Å²) < 4.78 is 2.15. The molecule has 0 saturated heterocycles. The van der Waals surface area contributed by atoms with Crippen LogP contribution in [0.1, 0.15) is 24.7 Å². The number of hydrogen-bond acceptors (Lipinski definition) is 1. The number of aryl methyl sites for hydroxylation is 2. The lowest BCUT2D eigenvalue weighted by Gasteiger charge is -2.12. The summed E-state index contributed by atoms with van der Waals surface area (Å²) in [5.41, 5.74) is 2.44. The Balaban J connectivity index is 2.73. The van der Waals surface area contributed by atoms with Crippen LogP contribution in [0.5, 0.6) is 0 Å². The molecule has 12 heavy (non-hydrogen) atoms. The molecule has 1 rings (SSSR count). The summed E-state index contributed by atoms with van der Waals surface area (Å²) >= 11 is 0. The number of rotatable bonds is 3. The summed E-state index contributed by atoms with van der Waals surface area (Å²) in [7, 11) is 0. The Morgan fingerprint density at radius 3 is 2.25 bits per heavy atom. The van der Waals surface area contributed by atoms with E-state index in [2.05, 4.69) is 30.5 Å². The minimum Gasteiger partial charge on any atom is -0.391 e. The molecule has 0 radical (unpaired) electrons. The Morgan fingerprint density at radius 2 is 1.83 bits per heavy atom. The second-order valence-electron chi connectivity index (χ2n) is 3.29. The van der Waals surface area contributed by atoms with E-state index >= 15 is 0 Å². The average molecular weight is 167 g/mol. The first-order chi connectivity index (χ1) is 5.65. The van der Waals surface area contributed by atoms with Gasteiger partial charge in [-0.2, -0.15) is 0 Å². The third kappa shape index (κ3) is 1.89. The lowest BCUT2D eigenvalue weighted by molar-refractivity contribution is 0.148. The maximum absolute atomic E-state index is 9.46. The van der Waals surface area contributed by atoms with Gasteiger partial charge in [0.15, 0.2) is 0 Å². The fourth-order valence-electron chi connectivity index (χ4n) is 1.33. The number of aliphatic hydroxyl groups is 1. The second kappa shape index (κ2) is 3.76. The summed E-state index contributed by atoms with van der Waals surface area (Å²) in [6, 6.07) is 4.16. The van der Waals surface area contributed by atoms with Crippen LogP contribution in [0.2, 0.25) is 0 Å². The first kappa shape index (κ1) is 9.33. The molecule has 0 saturated carbocycles. The molecule has 1 heterocycles. The minimum absolute atomic E-state index is 0.213. The zero-order valence-corrected chi connectivity index (χ0v) is 8.04. The van der Waals surface area contributed by atoms with Gasteiger partial charge in [0.25, 0.3) is 0 Å². The molecule has 2 nitrogen and oxygen atoms in total. The Bertz CT molecular complexity index is 233. The van der Waals surface area contributed by atoms with Crippen molar-refractivity contribution in [1.29, 1.82) is 0 Å². The largest absolute Gasteiger partial charge is 0.391 e. The van der Waals surface area contributed by atoms with Crippen LogP contribution < -0.4 is 0 Å². The molecule has 1 aromatic rings. The van der Waals surface area contributed by atoms with E-state index in [1.54, 1.807) is 0 Å². The van der Waals surface area contributed by atoms with E-state index in [9.17, 15) is 5.11 Å². The maximum Gasteiger partial charge on any atom is 0.0716 e. The Morgan fingerprint density at radius 1 is 1.33 bits per heavy atom. The van der Waals surface area contributed by atoms with Crippen molar-refractivity contribution in [2.45, 2.75) is 39.8 Å². The molecule has 0 aliphatic heterocycles. The molecule has 0 fully saturated rings. The molecular weight excluding hydrogens is 150 g/mol. The van der Waals surface area contributed by atoms with E-state index in [0.29, 0.717) is 0 Å². The van der Waals surface area contributed by atoms with Gasteiger partial charge in [-0.25, -0.2) is 0 Å². The van der Waals surface area contributed by atoms with Crippen molar-refractivity contribution in [3.63, 3.8) is 0 Å². The average Bonchev–Trinajstić information content (AvgIpc) is 2.35. The number of nitrogens with zero attached hydrogens (tertiary/aromatic N) is 1. The van der Waals surface area contributed by atoms with E-state index in [-0.39, 0.29) is 6.10 Å². The van der Waals surface area contributed by atoms with Gasteiger partial charge in [-0.15, -0.1) is 0 Å². The van der Waals surface area contributed by atoms with Crippen molar-refractivity contribution in [2.75, 3.05) is 0 Å². The topological polar surface area (TPSA) is 25.2 Å². The zero-order chi connectivity index (χ0) is 9.14. The van der Waals surface area contributed by atoms with Gasteiger partial charge in [0.05, 0.1) is 6.10 Å². The SMILES string of the molecule is CCC(O)Cn1c(C)ccc1C. The quantitative estimate of drug-likeness (QED) is 0.730. The third-order valence-electron chi connectivity index (χ3n) is 2.28. The zero-order valence-electron chi connectivity index (χ0n) is 8.04. The molecule has 68 valence electrons. The van der Waals surface area contributed by atoms with Crippen LogP contribution in [0.25, 0.3) is 0 Å². The molecular formula is C10H17NO. The normalized spacial score (nSPS) is 13.3. The molecule has 0 aliphatic carbocycles. The maximum atomic E-state index is 9.46. The predicted octanol–water partition coefficient (Wildman–Crippen LogP) is 1.88. The Kier molecular flexibility index (Phi) is 2.93. The summed E-state index contributed by atoms with van der Waals surface area (Å²) in [6.07, 6.45) is 0.603. The van der Waals surface area contributed by atoms with Crippen molar-refractivity contribution >= 4 is 0 Å². The van der Waals surface area contributed by atoms with Crippen LogP contribution in [0, 0.1) is 13.8 Å². The lowest BCUT2D eigenvalue weighted by Crippen LogP contribution is -2.16. The fraction of sp³-hybridized carbons (Fsp3) is 0.600. The van der Waals surface area contributed by atoms with Gasteiger partial charge in [0.2, 0.25) is 0 Å². The van der Waals surface area contributed by atoms with Crippen LogP contribution in [0.15, 0.2) is 12.1 Å². The van der Waals surface area contributed by atoms with E-state index in [1.165, 1.54) is 11.4 Å². The van der Waals surface area contributed by atoms with Crippen LogP contribution >= 0.6 is 0 Å². The standard InChI is InChI=1S/C10H17NO/c1-4-10(12)7-11-8(2)5-6-9(11)3/h5-6,10,12H,4,7H2,1-3H3. The van der Waals surface area contributed by atoms with E-state index in [4.69, 9.17) is 0 Å². The van der Waals surface area contributed by atoms with Crippen molar-refractivity contribution in [2.24, 2.45) is 0 Å². The molecule has 0 bridgehead atoms. The van der Waals surface area contributed by atoms with Gasteiger partial charge in [0, 0.05) is 17.9 Å². The van der Waals surface area contributed by atoms with Gasteiger partial charge in [-0.3, -0.25) is 0 Å². The Labute approximate surface area is 73.8 Å². The van der Waals surface area contributed by atoms with E-state index < -0.39 is 0 Å². The van der Waals surface area contributed by atoms with Crippen molar-refractivity contribution in [3.05, 3.63) is 23.5 Å². The van der Waals surface area contributed by atoms with Crippen molar-refractivity contribution in [3.8, 4) is 0 Å². The molecule has 0 amide bonds. The Hall–Kier alpha value is -0.760. The molecule has 1 atom stereocenters. The van der Waals surface area contributed by atoms with Gasteiger partial charge in [0.1, 0.15) is 0 Å². The van der Waals surface area contributed by atoms with Gasteiger partial charge in [-0.1, -0.05) is 6.92 Å². The van der Waals surface area contributed by atoms with Crippen LogP contribution in [-0.2, 0) is 6.54 Å². The number of aliphatic hydroxyl groups excluding tert-OH is 1. The van der Waals surface area contributed by atoms with E-state index in [1.807, 2.05) is 6.92 Å². The predicted molar refractivity (Wildman–Crippen MR) is 50.2 cm³/mol. The van der Waals surface area contributed by atoms with Gasteiger partial charge >= 0.3 is 0 Å². The summed E-state index contributed by atoms with van der Waals surface area (Å²) in [4.78, 5) is 0. The van der Waals surface area contributed by atoms with Gasteiger partial charge < -0.3 is 9.67 Å². The van der Waals surface area contributed by atoms with Gasteiger partial charge in [-0.05, 0) is 32.4 Å². The third-order valence-corrected chi connectivity index (χ3v) is 2.28. The number of hydrogen-bond donors (Lipinski definition) is 1. The van der Waals surface area contributed by atoms with E-state index in [0.717, 1.165) is 13.0 Å². The first-order valence-corrected chi connectivity index (χ1v) is 4.46. The molecule has 1 aromatic heterocycles. The summed E-state index contributed by atoms with van der Waals surface area (Å²) in [5, 5.41) is 9.46. The van der Waals surface area contributed by atoms with Crippen molar-refractivity contribution < 1.29 is 5.11 Å². The smallest absolute Gasteiger partial charge is 0.0716 e. The minimum atomic E-state index is -0.213. The molecule has 0 spiro atoms. The second-order valence-corrected chi connectivity index (χ2v) is 3.29. The molecule has 2 heteroatoms. The van der Waals surface area contributed by atoms with Crippen molar-refractivity contribution in [1.82, 2.24) is 4.57 Å². The van der Waals surface area contributed by atoms with Crippen LogP contribution in [-0.4, -0.2) is 15.8 Å². The molecule has 1 unspecified atom stereocenters. The first-order valence-electron chi connectivity index (χ1n) is 4.46. The summed E-state index contributed by atoms with van der Waals surface area (Å²) in [6.45, 7) is 6.85. The van der Waals surface area contributed by atoms with Crippen LogP contribution in [0.3, 0.4) is 0 Å². The highest BCUT2D eigenvalue weighted by Gasteiger charge is 2.05. The molecule has 0 aliphatic rings.